The van der Waals surface area contributed by atoms with Crippen molar-refractivity contribution in [2.45, 2.75) is 19.4 Å². The van der Waals surface area contributed by atoms with E-state index in [0.717, 1.165) is 17.7 Å². The summed E-state index contributed by atoms with van der Waals surface area (Å²) in [6, 6.07) is 6.91. The fourth-order valence-corrected chi connectivity index (χ4v) is 2.48. The van der Waals surface area contributed by atoms with Crippen molar-refractivity contribution >= 4 is 11.6 Å². The minimum atomic E-state index is -0.423. The van der Waals surface area contributed by atoms with Crippen LogP contribution in [0.5, 0.6) is 11.5 Å². The van der Waals surface area contributed by atoms with E-state index >= 15 is 0 Å². The van der Waals surface area contributed by atoms with Crippen LogP contribution in [-0.2, 0) is 0 Å². The van der Waals surface area contributed by atoms with E-state index in [1.165, 1.54) is 0 Å². The molecule has 0 aliphatic carbocycles. The van der Waals surface area contributed by atoms with Gasteiger partial charge in [-0.05, 0) is 30.7 Å². The van der Waals surface area contributed by atoms with Gasteiger partial charge in [-0.1, -0.05) is 11.6 Å². The number of furan rings is 1. The topological polar surface area (TPSA) is 57.6 Å². The summed E-state index contributed by atoms with van der Waals surface area (Å²) < 4.78 is 16.8. The quantitative estimate of drug-likeness (QED) is 0.921. The lowest BCUT2D eigenvalue weighted by atomic mass is 10.0. The minimum Gasteiger partial charge on any atom is -0.490 e. The summed E-state index contributed by atoms with van der Waals surface area (Å²) in [7, 11) is 0. The van der Waals surface area contributed by atoms with Crippen LogP contribution >= 0.6 is 11.6 Å². The summed E-state index contributed by atoms with van der Waals surface area (Å²) in [6.45, 7) is 3.14. The fraction of sp³-hybridized carbons (Fsp3) is 0.333. The summed E-state index contributed by atoms with van der Waals surface area (Å²) >= 11 is 6.31. The van der Waals surface area contributed by atoms with Gasteiger partial charge in [-0.2, -0.15) is 0 Å². The highest BCUT2D eigenvalue weighted by Crippen LogP contribution is 2.38. The van der Waals surface area contributed by atoms with E-state index in [4.69, 9.17) is 31.2 Å². The number of ether oxygens (including phenoxy) is 2. The highest BCUT2D eigenvalue weighted by Gasteiger charge is 2.20. The van der Waals surface area contributed by atoms with E-state index in [2.05, 4.69) is 0 Å². The molecule has 20 heavy (non-hydrogen) atoms. The first-order chi connectivity index (χ1) is 9.65. The van der Waals surface area contributed by atoms with Crippen molar-refractivity contribution < 1.29 is 13.9 Å². The fourth-order valence-electron chi connectivity index (χ4n) is 2.21. The Morgan fingerprint density at radius 2 is 1.85 bits per heavy atom. The number of nitrogens with two attached hydrogens (primary N) is 1. The molecule has 1 aromatic carbocycles. The number of hydrogen-bond donors (Lipinski definition) is 1. The van der Waals surface area contributed by atoms with Gasteiger partial charge in [-0.25, -0.2) is 0 Å². The second kappa shape index (κ2) is 5.38. The third kappa shape index (κ3) is 2.49. The summed E-state index contributed by atoms with van der Waals surface area (Å²) in [5.74, 6) is 2.85. The molecule has 0 spiro atoms. The standard InChI is InChI=1S/C15H16ClNO3/c1-9-3-4-12(20-9)15(17)10-7-13-14(8-11(10)16)19-6-2-5-18-13/h3-4,7-8,15H,2,5-6,17H2,1H3. The first kappa shape index (κ1) is 13.3. The van der Waals surface area contributed by atoms with E-state index in [9.17, 15) is 0 Å². The maximum atomic E-state index is 6.31. The average molecular weight is 294 g/mol. The molecule has 0 bridgehead atoms. The van der Waals surface area contributed by atoms with Gasteiger partial charge in [-0.15, -0.1) is 0 Å². The molecule has 2 N–H and O–H groups in total. The van der Waals surface area contributed by atoms with Crippen molar-refractivity contribution in [3.8, 4) is 11.5 Å². The SMILES string of the molecule is Cc1ccc(C(N)c2cc3c(cc2Cl)OCCCO3)o1. The van der Waals surface area contributed by atoms with Gasteiger partial charge < -0.3 is 19.6 Å². The lowest BCUT2D eigenvalue weighted by Gasteiger charge is -2.15. The van der Waals surface area contributed by atoms with Gasteiger partial charge in [0.2, 0.25) is 0 Å². The van der Waals surface area contributed by atoms with Gasteiger partial charge in [0, 0.05) is 17.5 Å². The highest BCUT2D eigenvalue weighted by molar-refractivity contribution is 6.31. The van der Waals surface area contributed by atoms with Crippen LogP contribution in [0.1, 0.15) is 29.5 Å². The molecule has 1 atom stereocenters. The third-order valence-electron chi connectivity index (χ3n) is 3.27. The van der Waals surface area contributed by atoms with Crippen LogP contribution in [0.25, 0.3) is 0 Å². The Morgan fingerprint density at radius 1 is 1.15 bits per heavy atom. The number of aryl methyl sites for hydroxylation is 1. The van der Waals surface area contributed by atoms with Gasteiger partial charge in [0.1, 0.15) is 11.5 Å². The molecular weight excluding hydrogens is 278 g/mol. The van der Waals surface area contributed by atoms with Crippen molar-refractivity contribution in [1.29, 1.82) is 0 Å². The molecule has 1 aliphatic rings. The summed E-state index contributed by atoms with van der Waals surface area (Å²) in [6.07, 6.45) is 0.852. The molecule has 2 heterocycles. The summed E-state index contributed by atoms with van der Waals surface area (Å²) in [5, 5.41) is 0.552. The van der Waals surface area contributed by atoms with E-state index in [1.807, 2.05) is 25.1 Å². The molecule has 5 heteroatoms. The molecule has 0 fully saturated rings. The maximum Gasteiger partial charge on any atom is 0.162 e. The molecule has 0 saturated carbocycles. The Morgan fingerprint density at radius 3 is 2.50 bits per heavy atom. The molecule has 0 amide bonds. The van der Waals surface area contributed by atoms with Gasteiger partial charge in [0.15, 0.2) is 11.5 Å². The van der Waals surface area contributed by atoms with Crippen LogP contribution in [0.15, 0.2) is 28.7 Å². The second-order valence-electron chi connectivity index (χ2n) is 4.80. The lowest BCUT2D eigenvalue weighted by Crippen LogP contribution is -2.12. The molecule has 3 rings (SSSR count). The Bertz CT molecular complexity index is 624. The summed E-state index contributed by atoms with van der Waals surface area (Å²) in [4.78, 5) is 0. The first-order valence-electron chi connectivity index (χ1n) is 6.56. The van der Waals surface area contributed by atoms with E-state index in [1.54, 1.807) is 6.07 Å². The molecule has 4 nitrogen and oxygen atoms in total. The maximum absolute atomic E-state index is 6.31. The van der Waals surface area contributed by atoms with Crippen molar-refractivity contribution in [2.24, 2.45) is 5.73 Å². The van der Waals surface area contributed by atoms with Crippen molar-refractivity contribution in [1.82, 2.24) is 0 Å². The number of fused-ring (bicyclic) bond motifs is 1. The zero-order valence-corrected chi connectivity index (χ0v) is 11.9. The van der Waals surface area contributed by atoms with Crippen LogP contribution in [-0.4, -0.2) is 13.2 Å². The number of rotatable bonds is 2. The largest absolute Gasteiger partial charge is 0.490 e. The Balaban J connectivity index is 1.99. The van der Waals surface area contributed by atoms with Crippen LogP contribution < -0.4 is 15.2 Å². The van der Waals surface area contributed by atoms with Crippen LogP contribution in [0.3, 0.4) is 0 Å². The zero-order valence-electron chi connectivity index (χ0n) is 11.2. The van der Waals surface area contributed by atoms with E-state index in [0.29, 0.717) is 35.5 Å². The molecule has 1 aromatic heterocycles. The van der Waals surface area contributed by atoms with E-state index in [-0.39, 0.29) is 0 Å². The van der Waals surface area contributed by atoms with Crippen LogP contribution in [0.2, 0.25) is 5.02 Å². The van der Waals surface area contributed by atoms with Gasteiger partial charge in [0.25, 0.3) is 0 Å². The van der Waals surface area contributed by atoms with Crippen molar-refractivity contribution in [3.63, 3.8) is 0 Å². The number of halogens is 1. The molecule has 0 saturated heterocycles. The van der Waals surface area contributed by atoms with Gasteiger partial charge in [0.05, 0.1) is 19.3 Å². The predicted octanol–water partition coefficient (Wildman–Crippen LogP) is 3.45. The zero-order chi connectivity index (χ0) is 14.1. The van der Waals surface area contributed by atoms with Crippen molar-refractivity contribution in [3.05, 3.63) is 46.4 Å². The summed E-state index contributed by atoms with van der Waals surface area (Å²) in [5.41, 5.74) is 7.00. The monoisotopic (exact) mass is 293 g/mol. The van der Waals surface area contributed by atoms with Gasteiger partial charge in [-0.3, -0.25) is 0 Å². The lowest BCUT2D eigenvalue weighted by molar-refractivity contribution is 0.297. The Kier molecular flexibility index (Phi) is 3.59. The molecule has 106 valence electrons. The normalized spacial score (nSPS) is 15.8. The van der Waals surface area contributed by atoms with Crippen LogP contribution in [0, 0.1) is 6.92 Å². The molecule has 1 unspecified atom stereocenters. The molecular formula is C15H16ClNO3. The Hall–Kier alpha value is -1.65. The Labute approximate surface area is 122 Å². The smallest absolute Gasteiger partial charge is 0.162 e. The molecule has 1 aliphatic heterocycles. The minimum absolute atomic E-state index is 0.423. The second-order valence-corrected chi connectivity index (χ2v) is 5.20. The van der Waals surface area contributed by atoms with Gasteiger partial charge >= 0.3 is 0 Å². The first-order valence-corrected chi connectivity index (χ1v) is 6.94. The third-order valence-corrected chi connectivity index (χ3v) is 3.60. The van der Waals surface area contributed by atoms with Crippen LogP contribution in [0.4, 0.5) is 0 Å². The van der Waals surface area contributed by atoms with Crippen molar-refractivity contribution in [2.75, 3.05) is 13.2 Å². The number of benzene rings is 1. The number of hydrogen-bond acceptors (Lipinski definition) is 4. The average Bonchev–Trinajstić information content (AvgIpc) is 2.73. The van der Waals surface area contributed by atoms with E-state index < -0.39 is 6.04 Å². The molecule has 0 radical (unpaired) electrons. The highest BCUT2D eigenvalue weighted by atomic mass is 35.5. The molecule has 2 aromatic rings. The predicted molar refractivity (Wildman–Crippen MR) is 76.5 cm³/mol.